The first-order valence-corrected chi connectivity index (χ1v) is 26.2. The predicted octanol–water partition coefficient (Wildman–Crippen LogP) is 6.21. The summed E-state index contributed by atoms with van der Waals surface area (Å²) in [7, 11) is 0. The average molecular weight is 1050 g/mol. The van der Waals surface area contributed by atoms with Crippen LogP contribution < -0.4 is 0 Å². The fraction of sp³-hybridized carbons (Fsp3) is 0.375. The number of ether oxygens (including phenoxy) is 2. The van der Waals surface area contributed by atoms with Crippen LogP contribution in [-0.2, 0) is 32.5 Å². The number of hydrogen-bond donors (Lipinski definition) is 6. The summed E-state index contributed by atoms with van der Waals surface area (Å²) >= 11 is 17.1. The van der Waals surface area contributed by atoms with E-state index < -0.39 is 37.4 Å². The molecule has 0 aromatic heterocycles. The number of thioether (sulfide) groups is 4. The van der Waals surface area contributed by atoms with Crippen molar-refractivity contribution in [1.82, 2.24) is 9.80 Å². The number of carbonyl (C=O) groups is 4. The summed E-state index contributed by atoms with van der Waals surface area (Å²) in [5, 5.41) is 54.2. The van der Waals surface area contributed by atoms with Crippen molar-refractivity contribution >= 4 is 102 Å². The first-order valence-electron chi connectivity index (χ1n) is 21.4. The molecule has 14 nitrogen and oxygen atoms in total. The molecule has 68 heavy (non-hydrogen) atoms. The molecule has 2 amide bonds. The molecule has 368 valence electrons. The molecule has 0 saturated heterocycles. The van der Waals surface area contributed by atoms with Gasteiger partial charge in [-0.3, -0.25) is 9.59 Å². The summed E-state index contributed by atoms with van der Waals surface area (Å²) < 4.78 is 11.4. The van der Waals surface area contributed by atoms with Crippen molar-refractivity contribution in [2.75, 3.05) is 65.8 Å². The van der Waals surface area contributed by atoms with E-state index in [2.05, 4.69) is 0 Å². The lowest BCUT2D eigenvalue weighted by Gasteiger charge is -2.19. The molecule has 20 heteroatoms. The number of hydrogen-bond acceptors (Lipinski definition) is 18. The van der Waals surface area contributed by atoms with Crippen LogP contribution in [-0.4, -0.2) is 149 Å². The number of aliphatic hydroxyl groups excluding tert-OH is 6. The Morgan fingerprint density at radius 2 is 0.750 bits per heavy atom. The van der Waals surface area contributed by atoms with Gasteiger partial charge in [0.05, 0.1) is 37.6 Å². The van der Waals surface area contributed by atoms with Crippen LogP contribution in [0.25, 0.3) is 0 Å². The van der Waals surface area contributed by atoms with E-state index in [0.29, 0.717) is 59.9 Å². The number of carbonyl (C=O) groups excluding carboxylic acids is 4. The number of thiocarbonyl (C=S) groups is 2. The van der Waals surface area contributed by atoms with E-state index in [1.165, 1.54) is 23.5 Å². The number of likely N-dealkylation sites (N-methyl/N-ethyl adjacent to an activating group) is 2. The van der Waals surface area contributed by atoms with Crippen LogP contribution in [0.3, 0.4) is 0 Å². The Morgan fingerprint density at radius 1 is 0.485 bits per heavy atom. The molecule has 2 atom stereocenters. The lowest BCUT2D eigenvalue weighted by atomic mass is 10.1. The van der Waals surface area contributed by atoms with Gasteiger partial charge in [0.1, 0.15) is 32.5 Å². The van der Waals surface area contributed by atoms with E-state index in [1.807, 2.05) is 62.4 Å². The van der Waals surface area contributed by atoms with Crippen molar-refractivity contribution in [3.05, 3.63) is 142 Å². The van der Waals surface area contributed by atoms with Gasteiger partial charge in [0.25, 0.3) is 11.8 Å². The van der Waals surface area contributed by atoms with Crippen LogP contribution in [0.4, 0.5) is 0 Å². The molecule has 0 radical (unpaired) electrons. The zero-order valence-electron chi connectivity index (χ0n) is 37.8. The van der Waals surface area contributed by atoms with Crippen LogP contribution in [0.5, 0.6) is 0 Å². The van der Waals surface area contributed by atoms with Gasteiger partial charge in [-0.1, -0.05) is 73.0 Å². The highest BCUT2D eigenvalue weighted by molar-refractivity contribution is 8.47. The maximum Gasteiger partial charge on any atom is 0.338 e. The van der Waals surface area contributed by atoms with Gasteiger partial charge < -0.3 is 49.9 Å². The highest BCUT2D eigenvalue weighted by Gasteiger charge is 2.16. The van der Waals surface area contributed by atoms with E-state index in [-0.39, 0.29) is 38.2 Å². The number of aliphatic hydroxyl groups is 6. The van der Waals surface area contributed by atoms with E-state index >= 15 is 0 Å². The Balaban J connectivity index is 0.000000360. The third-order valence-corrected chi connectivity index (χ3v) is 15.2. The Bertz CT molecular complexity index is 2030. The van der Waals surface area contributed by atoms with E-state index in [0.717, 1.165) is 40.8 Å². The second-order valence-electron chi connectivity index (χ2n) is 14.5. The zero-order chi connectivity index (χ0) is 49.8. The third-order valence-electron chi connectivity index (χ3n) is 9.52. The Hall–Kier alpha value is -3.90. The maximum absolute atomic E-state index is 12.5. The van der Waals surface area contributed by atoms with Crippen LogP contribution in [0.15, 0.2) is 97.1 Å². The van der Waals surface area contributed by atoms with Crippen LogP contribution >= 0.6 is 71.5 Å². The topological polar surface area (TPSA) is 215 Å². The van der Waals surface area contributed by atoms with Gasteiger partial charge in [-0.25, -0.2) is 9.59 Å². The molecule has 0 saturated carbocycles. The summed E-state index contributed by atoms with van der Waals surface area (Å²) in [5.74, 6) is 1.42. The maximum atomic E-state index is 12.5. The summed E-state index contributed by atoms with van der Waals surface area (Å²) in [5.41, 5.74) is 6.06. The van der Waals surface area contributed by atoms with Crippen LogP contribution in [0, 0.1) is 0 Å². The van der Waals surface area contributed by atoms with Gasteiger partial charge in [0.2, 0.25) is 0 Å². The van der Waals surface area contributed by atoms with Gasteiger partial charge in [-0.05, 0) is 84.6 Å². The van der Waals surface area contributed by atoms with Gasteiger partial charge >= 0.3 is 11.9 Å². The minimum atomic E-state index is -1.09. The number of amides is 2. The van der Waals surface area contributed by atoms with Crippen LogP contribution in [0.2, 0.25) is 0 Å². The monoisotopic (exact) mass is 1050 g/mol. The van der Waals surface area contributed by atoms with Crippen molar-refractivity contribution in [3.8, 4) is 0 Å². The molecule has 0 bridgehead atoms. The predicted molar refractivity (Wildman–Crippen MR) is 280 cm³/mol. The minimum absolute atomic E-state index is 0.0478. The molecule has 0 aliphatic heterocycles. The number of rotatable bonds is 24. The van der Waals surface area contributed by atoms with Gasteiger partial charge in [-0.15, -0.1) is 47.0 Å². The number of nitrogens with zero attached hydrogens (tertiary/aromatic N) is 2. The summed E-state index contributed by atoms with van der Waals surface area (Å²) in [4.78, 5) is 52.0. The molecule has 4 aromatic rings. The number of esters is 2. The lowest BCUT2D eigenvalue weighted by Crippen LogP contribution is -2.33. The molecule has 0 heterocycles. The molecular formula is C48H58N2O12S6. The fourth-order valence-corrected chi connectivity index (χ4v) is 9.63. The number of benzene rings is 4. The second-order valence-corrected chi connectivity index (χ2v) is 20.8. The molecular weight excluding hydrogens is 989 g/mol. The third kappa shape index (κ3) is 21.4. The molecule has 4 aromatic carbocycles. The zero-order valence-corrected chi connectivity index (χ0v) is 42.7. The van der Waals surface area contributed by atoms with Gasteiger partial charge in [0, 0.05) is 60.3 Å². The van der Waals surface area contributed by atoms with E-state index in [1.54, 1.807) is 81.9 Å². The van der Waals surface area contributed by atoms with Crippen molar-refractivity contribution in [2.45, 2.75) is 49.1 Å². The first kappa shape index (κ1) is 58.4. The SMILES string of the molecule is CCN(CCO)C(=O)c1ccc(CSC(=S)SCc2ccc(C(=O)N(CC)CCO)cc2)cc1.O=C(OCC(O)CO)c1ccc(CSC(=S)SCc2ccc(C(=O)OCC(O)CO)cc2)cc1. The van der Waals surface area contributed by atoms with Crippen molar-refractivity contribution in [3.63, 3.8) is 0 Å². The molecule has 0 spiro atoms. The quantitative estimate of drug-likeness (QED) is 0.0340. The summed E-state index contributed by atoms with van der Waals surface area (Å²) in [6, 6.07) is 28.8. The molecule has 6 N–H and O–H groups in total. The summed E-state index contributed by atoms with van der Waals surface area (Å²) in [6.07, 6.45) is -2.19. The highest BCUT2D eigenvalue weighted by Crippen LogP contribution is 2.27. The Morgan fingerprint density at radius 3 is 0.985 bits per heavy atom. The largest absolute Gasteiger partial charge is 0.459 e. The Labute approximate surface area is 425 Å². The van der Waals surface area contributed by atoms with Gasteiger partial charge in [0.15, 0.2) is 0 Å². The molecule has 0 fully saturated rings. The lowest BCUT2D eigenvalue weighted by molar-refractivity contribution is 0.00900. The van der Waals surface area contributed by atoms with E-state index in [9.17, 15) is 29.4 Å². The second kappa shape index (κ2) is 32.8. The molecule has 4 rings (SSSR count). The minimum Gasteiger partial charge on any atom is -0.459 e. The molecule has 2 unspecified atom stereocenters. The van der Waals surface area contributed by atoms with Crippen molar-refractivity contribution in [1.29, 1.82) is 0 Å². The molecule has 0 aliphatic carbocycles. The van der Waals surface area contributed by atoms with Gasteiger partial charge in [-0.2, -0.15) is 0 Å². The smallest absolute Gasteiger partial charge is 0.338 e. The van der Waals surface area contributed by atoms with Crippen molar-refractivity contribution < 1.29 is 59.3 Å². The van der Waals surface area contributed by atoms with E-state index in [4.69, 9.17) is 54.3 Å². The van der Waals surface area contributed by atoms with Crippen molar-refractivity contribution in [2.24, 2.45) is 0 Å². The normalized spacial score (nSPS) is 11.6. The molecule has 0 aliphatic rings. The first-order chi connectivity index (χ1) is 32.7. The fourth-order valence-electron chi connectivity index (χ4n) is 5.64. The summed E-state index contributed by atoms with van der Waals surface area (Å²) in [6.45, 7) is 4.00. The average Bonchev–Trinajstić information content (AvgIpc) is 3.37. The highest BCUT2D eigenvalue weighted by atomic mass is 32.2. The Kier molecular flexibility index (Phi) is 28.2. The van der Waals surface area contributed by atoms with Crippen LogP contribution in [0.1, 0.15) is 77.5 Å². The standard InChI is InChI=1S/C25H32N2O4S3.C23H26O8S3/c1-3-26(13-15-28)23(30)21-9-5-19(6-10-21)17-33-25(32)34-18-20-7-11-22(12-8-20)24(31)27(4-2)14-16-29;24-9-19(26)11-30-21(28)17-5-1-15(2-6-17)13-33-23(32)34-14-16-3-7-18(8-4-16)22(29)31-12-20(27)10-25/h5-12,28-29H,3-4,13-18H2,1-2H3;1-8,19-20,24-27H,9-14H2.